The van der Waals surface area contributed by atoms with Gasteiger partial charge in [-0.1, -0.05) is 0 Å². The quantitative estimate of drug-likeness (QED) is 0.427. The fourth-order valence-corrected chi connectivity index (χ4v) is 1.80. The number of hydrogen-bond acceptors (Lipinski definition) is 4. The molecule has 1 amide bonds. The molecule has 78 valence electrons. The van der Waals surface area contributed by atoms with Gasteiger partial charge in [0.2, 0.25) is 5.91 Å². The van der Waals surface area contributed by atoms with Crippen LogP contribution in [0.25, 0.3) is 0 Å². The minimum atomic E-state index is -0.123. The largest absolute Gasteiger partial charge is 0.302 e. The van der Waals surface area contributed by atoms with Crippen molar-refractivity contribution in [1.82, 2.24) is 10.3 Å². The van der Waals surface area contributed by atoms with E-state index in [0.29, 0.717) is 6.42 Å². The first kappa shape index (κ1) is 11.2. The number of nitrogens with one attached hydrogen (secondary N) is 1. The molecule has 4 nitrogen and oxygen atoms in total. The van der Waals surface area contributed by atoms with E-state index in [4.69, 9.17) is 5.84 Å². The van der Waals surface area contributed by atoms with Gasteiger partial charge in [0.25, 0.3) is 0 Å². The molecule has 0 bridgehead atoms. The molecular formula is C9H15N3OS. The fraction of sp³-hybridized carbons (Fsp3) is 0.444. The highest BCUT2D eigenvalue weighted by atomic mass is 32.1. The number of rotatable bonds is 5. The summed E-state index contributed by atoms with van der Waals surface area (Å²) in [5.74, 6) is 4.85. The van der Waals surface area contributed by atoms with Crippen LogP contribution in [0.15, 0.2) is 16.8 Å². The standard InChI is InChI=1S/C9H15N3OS/c1-12(4-2-9(13)11-10)6-8-3-5-14-7-8/h3,5,7H,2,4,6,10H2,1H3,(H,11,13). The van der Waals surface area contributed by atoms with E-state index in [1.54, 1.807) is 11.3 Å². The molecule has 0 unspecified atom stereocenters. The molecule has 0 aliphatic heterocycles. The summed E-state index contributed by atoms with van der Waals surface area (Å²) >= 11 is 1.68. The second-order valence-electron chi connectivity index (χ2n) is 3.19. The first-order valence-electron chi connectivity index (χ1n) is 4.41. The van der Waals surface area contributed by atoms with Gasteiger partial charge in [-0.3, -0.25) is 10.2 Å². The van der Waals surface area contributed by atoms with Crippen molar-refractivity contribution in [1.29, 1.82) is 0 Å². The van der Waals surface area contributed by atoms with Crippen molar-refractivity contribution in [2.45, 2.75) is 13.0 Å². The molecular weight excluding hydrogens is 198 g/mol. The third-order valence-corrected chi connectivity index (χ3v) is 2.65. The third kappa shape index (κ3) is 3.87. The van der Waals surface area contributed by atoms with Gasteiger partial charge in [-0.15, -0.1) is 0 Å². The summed E-state index contributed by atoms with van der Waals surface area (Å²) in [6.45, 7) is 1.60. The molecule has 0 saturated carbocycles. The molecule has 5 heteroatoms. The van der Waals surface area contributed by atoms with E-state index in [2.05, 4.69) is 27.2 Å². The molecule has 0 aliphatic carbocycles. The first-order valence-corrected chi connectivity index (χ1v) is 5.35. The molecule has 0 saturated heterocycles. The summed E-state index contributed by atoms with van der Waals surface area (Å²) in [4.78, 5) is 13.0. The molecule has 1 heterocycles. The van der Waals surface area contributed by atoms with Crippen LogP contribution in [-0.2, 0) is 11.3 Å². The first-order chi connectivity index (χ1) is 6.72. The van der Waals surface area contributed by atoms with Gasteiger partial charge in [0.15, 0.2) is 0 Å². The maximum atomic E-state index is 10.9. The monoisotopic (exact) mass is 213 g/mol. The summed E-state index contributed by atoms with van der Waals surface area (Å²) in [5, 5.41) is 4.16. The van der Waals surface area contributed by atoms with Gasteiger partial charge in [0.1, 0.15) is 0 Å². The summed E-state index contributed by atoms with van der Waals surface area (Å²) in [6, 6.07) is 2.09. The molecule has 14 heavy (non-hydrogen) atoms. The summed E-state index contributed by atoms with van der Waals surface area (Å²) in [7, 11) is 1.99. The zero-order chi connectivity index (χ0) is 10.4. The van der Waals surface area contributed by atoms with Crippen molar-refractivity contribution in [3.63, 3.8) is 0 Å². The molecule has 0 aromatic carbocycles. The molecule has 1 rings (SSSR count). The molecule has 1 aromatic rings. The topological polar surface area (TPSA) is 58.4 Å². The number of nitrogens with zero attached hydrogens (tertiary/aromatic N) is 1. The second-order valence-corrected chi connectivity index (χ2v) is 3.97. The maximum absolute atomic E-state index is 10.9. The lowest BCUT2D eigenvalue weighted by molar-refractivity contribution is -0.121. The molecule has 3 N–H and O–H groups in total. The van der Waals surface area contributed by atoms with Gasteiger partial charge in [0.05, 0.1) is 0 Å². The average Bonchev–Trinajstić information content (AvgIpc) is 2.66. The van der Waals surface area contributed by atoms with E-state index in [9.17, 15) is 4.79 Å². The van der Waals surface area contributed by atoms with Gasteiger partial charge in [0, 0.05) is 19.5 Å². The number of hydrogen-bond donors (Lipinski definition) is 2. The fourth-order valence-electron chi connectivity index (χ4n) is 1.14. The molecule has 0 radical (unpaired) electrons. The van der Waals surface area contributed by atoms with Gasteiger partial charge in [-0.25, -0.2) is 5.84 Å². The van der Waals surface area contributed by atoms with Crippen molar-refractivity contribution < 1.29 is 4.79 Å². The average molecular weight is 213 g/mol. The minimum Gasteiger partial charge on any atom is -0.302 e. The number of amides is 1. The van der Waals surface area contributed by atoms with E-state index in [-0.39, 0.29) is 5.91 Å². The van der Waals surface area contributed by atoms with Crippen LogP contribution < -0.4 is 11.3 Å². The predicted molar refractivity (Wildman–Crippen MR) is 57.6 cm³/mol. The van der Waals surface area contributed by atoms with Crippen LogP contribution in [0.5, 0.6) is 0 Å². The maximum Gasteiger partial charge on any atom is 0.235 e. The molecule has 0 spiro atoms. The highest BCUT2D eigenvalue weighted by molar-refractivity contribution is 7.07. The number of carbonyl (C=O) groups excluding carboxylic acids is 1. The lowest BCUT2D eigenvalue weighted by Crippen LogP contribution is -2.33. The van der Waals surface area contributed by atoms with E-state index in [1.807, 2.05) is 7.05 Å². The van der Waals surface area contributed by atoms with E-state index in [0.717, 1.165) is 13.1 Å². The number of nitrogens with two attached hydrogens (primary N) is 1. The van der Waals surface area contributed by atoms with Crippen LogP contribution >= 0.6 is 11.3 Å². The van der Waals surface area contributed by atoms with Crippen LogP contribution in [0.2, 0.25) is 0 Å². The van der Waals surface area contributed by atoms with Gasteiger partial charge in [-0.2, -0.15) is 11.3 Å². The van der Waals surface area contributed by atoms with Crippen molar-refractivity contribution in [2.24, 2.45) is 5.84 Å². The SMILES string of the molecule is CN(CCC(=O)NN)Cc1ccsc1. The van der Waals surface area contributed by atoms with Crippen LogP contribution in [0.3, 0.4) is 0 Å². The Morgan fingerprint density at radius 2 is 2.50 bits per heavy atom. The Bertz CT molecular complexity index is 274. The Kier molecular flexibility index (Phi) is 4.58. The van der Waals surface area contributed by atoms with E-state index >= 15 is 0 Å². The molecule has 0 fully saturated rings. The second kappa shape index (κ2) is 5.74. The van der Waals surface area contributed by atoms with Gasteiger partial charge in [-0.05, 0) is 29.4 Å². The molecule has 0 aliphatic rings. The highest BCUT2D eigenvalue weighted by Gasteiger charge is 2.03. The van der Waals surface area contributed by atoms with Gasteiger partial charge < -0.3 is 4.90 Å². The summed E-state index contributed by atoms with van der Waals surface area (Å²) in [5.41, 5.74) is 3.40. The Morgan fingerprint density at radius 3 is 3.07 bits per heavy atom. The van der Waals surface area contributed by atoms with Crippen LogP contribution in [0.1, 0.15) is 12.0 Å². The molecule has 0 atom stereocenters. The highest BCUT2D eigenvalue weighted by Crippen LogP contribution is 2.08. The van der Waals surface area contributed by atoms with Crippen LogP contribution in [0, 0.1) is 0 Å². The Labute approximate surface area is 87.7 Å². The predicted octanol–water partition coefficient (Wildman–Crippen LogP) is 0.560. The third-order valence-electron chi connectivity index (χ3n) is 1.91. The van der Waals surface area contributed by atoms with E-state index in [1.165, 1.54) is 5.56 Å². The van der Waals surface area contributed by atoms with Crippen LogP contribution in [-0.4, -0.2) is 24.4 Å². The number of thiophene rings is 1. The van der Waals surface area contributed by atoms with Crippen molar-refractivity contribution in [2.75, 3.05) is 13.6 Å². The van der Waals surface area contributed by atoms with Crippen molar-refractivity contribution in [3.8, 4) is 0 Å². The molecule has 1 aromatic heterocycles. The lowest BCUT2D eigenvalue weighted by Gasteiger charge is -2.14. The van der Waals surface area contributed by atoms with Crippen molar-refractivity contribution >= 4 is 17.2 Å². The van der Waals surface area contributed by atoms with Crippen molar-refractivity contribution in [3.05, 3.63) is 22.4 Å². The smallest absolute Gasteiger partial charge is 0.235 e. The number of hydrazine groups is 1. The van der Waals surface area contributed by atoms with E-state index < -0.39 is 0 Å². The summed E-state index contributed by atoms with van der Waals surface area (Å²) in [6.07, 6.45) is 0.442. The zero-order valence-corrected chi connectivity index (χ0v) is 9.01. The zero-order valence-electron chi connectivity index (χ0n) is 8.19. The lowest BCUT2D eigenvalue weighted by atomic mass is 10.3. The van der Waals surface area contributed by atoms with Gasteiger partial charge >= 0.3 is 0 Å². The Morgan fingerprint density at radius 1 is 1.71 bits per heavy atom. The normalized spacial score (nSPS) is 10.5. The summed E-state index contributed by atoms with van der Waals surface area (Å²) < 4.78 is 0. The Balaban J connectivity index is 2.22. The minimum absolute atomic E-state index is 0.123. The Hall–Kier alpha value is -0.910. The van der Waals surface area contributed by atoms with Crippen LogP contribution in [0.4, 0.5) is 0 Å². The number of carbonyl (C=O) groups is 1.